The number of ether oxygens (including phenoxy) is 1. The number of anilines is 1. The molecule has 0 aliphatic carbocycles. The average molecular weight is 274 g/mol. The van der Waals surface area contributed by atoms with Gasteiger partial charge >= 0.3 is 0 Å². The van der Waals surface area contributed by atoms with E-state index in [0.29, 0.717) is 18.5 Å². The Morgan fingerprint density at radius 2 is 2.05 bits per heavy atom. The zero-order chi connectivity index (χ0) is 14.5. The third kappa shape index (κ3) is 3.73. The van der Waals surface area contributed by atoms with Gasteiger partial charge in [-0.05, 0) is 45.9 Å². The lowest BCUT2D eigenvalue weighted by Crippen LogP contribution is -2.10. The summed E-state index contributed by atoms with van der Waals surface area (Å²) in [6.07, 6.45) is 3.83. The molecular formula is C15H22N4O. The van der Waals surface area contributed by atoms with Crippen LogP contribution >= 0.6 is 0 Å². The van der Waals surface area contributed by atoms with Gasteiger partial charge in [0, 0.05) is 18.4 Å². The van der Waals surface area contributed by atoms with E-state index in [1.165, 1.54) is 0 Å². The van der Waals surface area contributed by atoms with Crippen molar-refractivity contribution in [1.82, 2.24) is 14.8 Å². The van der Waals surface area contributed by atoms with Gasteiger partial charge in [0.25, 0.3) is 0 Å². The zero-order valence-electron chi connectivity index (χ0n) is 12.5. The Morgan fingerprint density at radius 3 is 2.70 bits per heavy atom. The summed E-state index contributed by atoms with van der Waals surface area (Å²) in [6.45, 7) is 8.85. The van der Waals surface area contributed by atoms with Crippen LogP contribution in [0.15, 0.2) is 30.6 Å². The van der Waals surface area contributed by atoms with Crippen molar-refractivity contribution in [2.45, 2.75) is 46.4 Å². The fraction of sp³-hybridized carbons (Fsp3) is 0.467. The summed E-state index contributed by atoms with van der Waals surface area (Å²) in [7, 11) is 0. The first-order valence-electron chi connectivity index (χ1n) is 6.96. The highest BCUT2D eigenvalue weighted by Gasteiger charge is 2.07. The average Bonchev–Trinajstić information content (AvgIpc) is 2.86. The van der Waals surface area contributed by atoms with Gasteiger partial charge in [-0.25, -0.2) is 4.98 Å². The van der Waals surface area contributed by atoms with E-state index in [-0.39, 0.29) is 6.10 Å². The van der Waals surface area contributed by atoms with Crippen molar-refractivity contribution < 1.29 is 4.74 Å². The van der Waals surface area contributed by atoms with Crippen LogP contribution in [0.25, 0.3) is 0 Å². The van der Waals surface area contributed by atoms with Crippen LogP contribution in [0.5, 0.6) is 5.88 Å². The summed E-state index contributed by atoms with van der Waals surface area (Å²) < 4.78 is 7.63. The van der Waals surface area contributed by atoms with Gasteiger partial charge in [0.15, 0.2) is 0 Å². The lowest BCUT2D eigenvalue weighted by molar-refractivity contribution is 0.234. The molecular weight excluding hydrogens is 252 g/mol. The Hall–Kier alpha value is -2.04. The SMILES string of the molecule is CC(C)Oc1ncccc1NCc1ccn(C(C)C)n1. The number of pyridine rings is 1. The van der Waals surface area contributed by atoms with Crippen molar-refractivity contribution >= 4 is 5.69 Å². The lowest BCUT2D eigenvalue weighted by Gasteiger charge is -2.13. The summed E-state index contributed by atoms with van der Waals surface area (Å²) in [6, 6.07) is 6.25. The largest absolute Gasteiger partial charge is 0.473 e. The highest BCUT2D eigenvalue weighted by Crippen LogP contribution is 2.22. The number of nitrogens with one attached hydrogen (secondary N) is 1. The van der Waals surface area contributed by atoms with Crippen molar-refractivity contribution in [3.8, 4) is 5.88 Å². The van der Waals surface area contributed by atoms with Crippen molar-refractivity contribution in [3.05, 3.63) is 36.3 Å². The molecule has 2 heterocycles. The minimum atomic E-state index is 0.102. The molecule has 0 saturated carbocycles. The molecule has 5 nitrogen and oxygen atoms in total. The van der Waals surface area contributed by atoms with E-state index >= 15 is 0 Å². The second kappa shape index (κ2) is 6.41. The summed E-state index contributed by atoms with van der Waals surface area (Å²) in [5, 5.41) is 7.83. The molecule has 5 heteroatoms. The lowest BCUT2D eigenvalue weighted by atomic mass is 10.3. The second-order valence-electron chi connectivity index (χ2n) is 5.26. The van der Waals surface area contributed by atoms with Crippen LogP contribution in [0.2, 0.25) is 0 Å². The van der Waals surface area contributed by atoms with E-state index in [1.807, 2.05) is 42.9 Å². The molecule has 2 rings (SSSR count). The Labute approximate surface area is 120 Å². The molecule has 0 fully saturated rings. The van der Waals surface area contributed by atoms with E-state index in [1.54, 1.807) is 6.20 Å². The molecule has 0 bridgehead atoms. The smallest absolute Gasteiger partial charge is 0.237 e. The van der Waals surface area contributed by atoms with Gasteiger partial charge in [-0.3, -0.25) is 4.68 Å². The molecule has 0 aromatic carbocycles. The highest BCUT2D eigenvalue weighted by molar-refractivity contribution is 5.52. The predicted octanol–water partition coefficient (Wildman–Crippen LogP) is 3.26. The normalized spacial score (nSPS) is 11.1. The van der Waals surface area contributed by atoms with E-state index in [9.17, 15) is 0 Å². The zero-order valence-corrected chi connectivity index (χ0v) is 12.5. The summed E-state index contributed by atoms with van der Waals surface area (Å²) in [5.74, 6) is 0.630. The van der Waals surface area contributed by atoms with Crippen molar-refractivity contribution in [3.63, 3.8) is 0 Å². The van der Waals surface area contributed by atoms with Gasteiger partial charge in [-0.2, -0.15) is 5.10 Å². The van der Waals surface area contributed by atoms with Crippen LogP contribution in [0.1, 0.15) is 39.4 Å². The van der Waals surface area contributed by atoms with Crippen LogP contribution in [0.4, 0.5) is 5.69 Å². The van der Waals surface area contributed by atoms with E-state index < -0.39 is 0 Å². The highest BCUT2D eigenvalue weighted by atomic mass is 16.5. The van der Waals surface area contributed by atoms with Gasteiger partial charge in [0.05, 0.1) is 24.0 Å². The second-order valence-corrected chi connectivity index (χ2v) is 5.26. The molecule has 2 aromatic rings. The molecule has 0 saturated heterocycles. The van der Waals surface area contributed by atoms with Crippen LogP contribution in [-0.4, -0.2) is 20.9 Å². The van der Waals surface area contributed by atoms with E-state index in [0.717, 1.165) is 11.4 Å². The van der Waals surface area contributed by atoms with Crippen LogP contribution in [0.3, 0.4) is 0 Å². The minimum Gasteiger partial charge on any atom is -0.473 e. The summed E-state index contributed by atoms with van der Waals surface area (Å²) in [5.41, 5.74) is 1.89. The number of hydrogen-bond donors (Lipinski definition) is 1. The monoisotopic (exact) mass is 274 g/mol. The maximum atomic E-state index is 5.68. The Morgan fingerprint density at radius 1 is 1.25 bits per heavy atom. The van der Waals surface area contributed by atoms with Gasteiger partial charge in [-0.1, -0.05) is 0 Å². The molecule has 0 aliphatic rings. The molecule has 0 unspecified atom stereocenters. The molecule has 0 amide bonds. The Balaban J connectivity index is 2.02. The topological polar surface area (TPSA) is 52.0 Å². The quantitative estimate of drug-likeness (QED) is 0.878. The molecule has 2 aromatic heterocycles. The van der Waals surface area contributed by atoms with E-state index in [2.05, 4.69) is 29.2 Å². The molecule has 0 spiro atoms. The maximum Gasteiger partial charge on any atom is 0.237 e. The molecule has 0 atom stereocenters. The Kier molecular flexibility index (Phi) is 4.61. The third-order valence-corrected chi connectivity index (χ3v) is 2.77. The summed E-state index contributed by atoms with van der Waals surface area (Å²) in [4.78, 5) is 4.25. The predicted molar refractivity (Wildman–Crippen MR) is 79.9 cm³/mol. The van der Waals surface area contributed by atoms with Crippen LogP contribution in [-0.2, 0) is 6.54 Å². The van der Waals surface area contributed by atoms with Gasteiger partial charge < -0.3 is 10.1 Å². The first-order valence-corrected chi connectivity index (χ1v) is 6.96. The van der Waals surface area contributed by atoms with Crippen LogP contribution in [0, 0.1) is 0 Å². The first kappa shape index (κ1) is 14.4. The number of nitrogens with zero attached hydrogens (tertiary/aromatic N) is 3. The van der Waals surface area contributed by atoms with E-state index in [4.69, 9.17) is 4.74 Å². The van der Waals surface area contributed by atoms with Crippen molar-refractivity contribution in [2.24, 2.45) is 0 Å². The van der Waals surface area contributed by atoms with Gasteiger partial charge in [0.1, 0.15) is 0 Å². The Bertz CT molecular complexity index is 548. The number of aromatic nitrogens is 3. The molecule has 0 aliphatic heterocycles. The fourth-order valence-corrected chi connectivity index (χ4v) is 1.79. The fourth-order valence-electron chi connectivity index (χ4n) is 1.79. The summed E-state index contributed by atoms with van der Waals surface area (Å²) >= 11 is 0. The third-order valence-electron chi connectivity index (χ3n) is 2.77. The van der Waals surface area contributed by atoms with Crippen molar-refractivity contribution in [2.75, 3.05) is 5.32 Å². The van der Waals surface area contributed by atoms with Gasteiger partial charge in [0.2, 0.25) is 5.88 Å². The molecule has 0 radical (unpaired) electrons. The molecule has 108 valence electrons. The first-order chi connectivity index (χ1) is 9.56. The van der Waals surface area contributed by atoms with Crippen molar-refractivity contribution in [1.29, 1.82) is 0 Å². The number of rotatable bonds is 6. The molecule has 1 N–H and O–H groups in total. The minimum absolute atomic E-state index is 0.102. The van der Waals surface area contributed by atoms with Crippen LogP contribution < -0.4 is 10.1 Å². The molecule has 20 heavy (non-hydrogen) atoms. The van der Waals surface area contributed by atoms with Gasteiger partial charge in [-0.15, -0.1) is 0 Å². The maximum absolute atomic E-state index is 5.68. The number of hydrogen-bond acceptors (Lipinski definition) is 4. The standard InChI is InChI=1S/C15H22N4O/c1-11(2)19-9-7-13(18-19)10-17-14-6-5-8-16-15(14)20-12(3)4/h5-9,11-12,17H,10H2,1-4H3.